The molecule has 4 rings (SSSR count). The van der Waals surface area contributed by atoms with E-state index >= 15 is 0 Å². The second-order valence-corrected chi connectivity index (χ2v) is 9.10. The lowest BCUT2D eigenvalue weighted by Crippen LogP contribution is -2.27. The van der Waals surface area contributed by atoms with E-state index in [4.69, 9.17) is 14.5 Å². The Hall–Kier alpha value is -4.06. The zero-order chi connectivity index (χ0) is 26.2. The number of hydrogen-bond acceptors (Lipinski definition) is 4. The topological polar surface area (TPSA) is 65.4 Å². The standard InChI is InChI=1S/C31H35N3O3/c1-5-9-24-13-15-28(29(21-24)36-4)37-19-8-18-34-27-11-7-6-10-26(27)33-30(34)16-17-32-31(35)25-14-12-22(2)20-23(25)3/h5-7,9-15,20-21H,8,16-19H2,1-4H3,(H,32,35)/b9-5+. The number of para-hydroxylation sites is 2. The summed E-state index contributed by atoms with van der Waals surface area (Å²) in [6.07, 6.45) is 5.48. The van der Waals surface area contributed by atoms with Gasteiger partial charge in [0.05, 0.1) is 24.8 Å². The number of amides is 1. The normalized spacial score (nSPS) is 11.2. The third kappa shape index (κ3) is 6.39. The van der Waals surface area contributed by atoms with Crippen LogP contribution in [0.2, 0.25) is 0 Å². The van der Waals surface area contributed by atoms with E-state index in [9.17, 15) is 4.79 Å². The first kappa shape index (κ1) is 26.0. The van der Waals surface area contributed by atoms with Gasteiger partial charge in [0.2, 0.25) is 0 Å². The number of ether oxygens (including phenoxy) is 2. The number of rotatable bonds is 11. The van der Waals surface area contributed by atoms with Crippen LogP contribution in [0.1, 0.15) is 46.2 Å². The van der Waals surface area contributed by atoms with Gasteiger partial charge in [-0.1, -0.05) is 48.0 Å². The number of carbonyl (C=O) groups is 1. The van der Waals surface area contributed by atoms with E-state index < -0.39 is 0 Å². The van der Waals surface area contributed by atoms with Gasteiger partial charge >= 0.3 is 0 Å². The lowest BCUT2D eigenvalue weighted by molar-refractivity contribution is 0.0953. The maximum Gasteiger partial charge on any atom is 0.251 e. The third-order valence-corrected chi connectivity index (χ3v) is 6.32. The molecule has 0 saturated heterocycles. The van der Waals surface area contributed by atoms with Crippen LogP contribution >= 0.6 is 0 Å². The van der Waals surface area contributed by atoms with Crippen molar-refractivity contribution >= 4 is 23.0 Å². The van der Waals surface area contributed by atoms with Gasteiger partial charge in [0.15, 0.2) is 11.5 Å². The molecule has 6 nitrogen and oxygen atoms in total. The van der Waals surface area contributed by atoms with Crippen LogP contribution in [-0.4, -0.2) is 35.7 Å². The van der Waals surface area contributed by atoms with Crippen LogP contribution in [0.4, 0.5) is 0 Å². The second-order valence-electron chi connectivity index (χ2n) is 9.10. The molecule has 4 aromatic rings. The first-order valence-corrected chi connectivity index (χ1v) is 12.7. The highest BCUT2D eigenvalue weighted by atomic mass is 16.5. The minimum atomic E-state index is -0.0528. The van der Waals surface area contributed by atoms with E-state index in [0.29, 0.717) is 25.1 Å². The molecular weight excluding hydrogens is 462 g/mol. The van der Waals surface area contributed by atoms with Gasteiger partial charge in [-0.3, -0.25) is 4.79 Å². The highest BCUT2D eigenvalue weighted by Crippen LogP contribution is 2.29. The summed E-state index contributed by atoms with van der Waals surface area (Å²) in [5, 5.41) is 3.06. The molecule has 0 fully saturated rings. The zero-order valence-electron chi connectivity index (χ0n) is 22.1. The van der Waals surface area contributed by atoms with Gasteiger partial charge in [0.25, 0.3) is 5.91 Å². The lowest BCUT2D eigenvalue weighted by Gasteiger charge is -2.13. The Morgan fingerprint density at radius 3 is 2.68 bits per heavy atom. The van der Waals surface area contributed by atoms with Crippen molar-refractivity contribution < 1.29 is 14.3 Å². The average molecular weight is 498 g/mol. The molecule has 1 amide bonds. The van der Waals surface area contributed by atoms with Crippen LogP contribution in [0.3, 0.4) is 0 Å². The van der Waals surface area contributed by atoms with Crippen molar-refractivity contribution in [1.29, 1.82) is 0 Å². The summed E-state index contributed by atoms with van der Waals surface area (Å²) in [6, 6.07) is 20.0. The minimum absolute atomic E-state index is 0.0528. The van der Waals surface area contributed by atoms with E-state index in [2.05, 4.69) is 16.0 Å². The van der Waals surface area contributed by atoms with Crippen molar-refractivity contribution in [1.82, 2.24) is 14.9 Å². The van der Waals surface area contributed by atoms with E-state index in [1.165, 1.54) is 0 Å². The smallest absolute Gasteiger partial charge is 0.251 e. The van der Waals surface area contributed by atoms with Gasteiger partial charge in [-0.05, 0) is 68.7 Å². The minimum Gasteiger partial charge on any atom is -0.493 e. The number of benzene rings is 3. The first-order valence-electron chi connectivity index (χ1n) is 12.7. The number of aromatic nitrogens is 2. The summed E-state index contributed by atoms with van der Waals surface area (Å²) < 4.78 is 13.8. The van der Waals surface area contributed by atoms with Gasteiger partial charge < -0.3 is 19.4 Å². The maximum absolute atomic E-state index is 12.7. The van der Waals surface area contributed by atoms with Crippen molar-refractivity contribution in [3.8, 4) is 11.5 Å². The molecule has 0 atom stereocenters. The molecule has 192 valence electrons. The van der Waals surface area contributed by atoms with Gasteiger partial charge in [0, 0.05) is 25.1 Å². The predicted molar refractivity (Wildman–Crippen MR) is 150 cm³/mol. The van der Waals surface area contributed by atoms with Gasteiger partial charge in [-0.15, -0.1) is 0 Å². The Morgan fingerprint density at radius 2 is 1.89 bits per heavy atom. The van der Waals surface area contributed by atoms with Crippen LogP contribution in [0.15, 0.2) is 66.7 Å². The Labute approximate surface area is 218 Å². The summed E-state index contributed by atoms with van der Waals surface area (Å²) in [7, 11) is 1.66. The number of carbonyl (C=O) groups excluding carboxylic acids is 1. The molecular formula is C31H35N3O3. The summed E-state index contributed by atoms with van der Waals surface area (Å²) in [6.45, 7) is 7.82. The van der Waals surface area contributed by atoms with Crippen molar-refractivity contribution in [2.75, 3.05) is 20.3 Å². The summed E-state index contributed by atoms with van der Waals surface area (Å²) >= 11 is 0. The molecule has 1 heterocycles. The van der Waals surface area contributed by atoms with E-state index in [-0.39, 0.29) is 5.91 Å². The van der Waals surface area contributed by atoms with Crippen molar-refractivity contribution in [3.63, 3.8) is 0 Å². The van der Waals surface area contributed by atoms with E-state index in [1.54, 1.807) is 7.11 Å². The Kier molecular flexibility index (Phi) is 8.62. The Bertz CT molecular complexity index is 1400. The van der Waals surface area contributed by atoms with Crippen LogP contribution in [0.5, 0.6) is 11.5 Å². The molecule has 0 bridgehead atoms. The molecule has 0 saturated carbocycles. The molecule has 37 heavy (non-hydrogen) atoms. The molecule has 6 heteroatoms. The number of nitrogens with one attached hydrogen (secondary N) is 1. The van der Waals surface area contributed by atoms with Crippen molar-refractivity contribution in [2.24, 2.45) is 0 Å². The fourth-order valence-corrected chi connectivity index (χ4v) is 4.52. The highest BCUT2D eigenvalue weighted by Gasteiger charge is 2.13. The number of methoxy groups -OCH3 is 1. The number of allylic oxidation sites excluding steroid dienone is 1. The number of nitrogens with zero attached hydrogens (tertiary/aromatic N) is 2. The largest absolute Gasteiger partial charge is 0.493 e. The number of imidazole rings is 1. The SMILES string of the molecule is C/C=C/c1ccc(OCCCn2c(CCNC(=O)c3ccc(C)cc3C)nc3ccccc32)c(OC)c1. The van der Waals surface area contributed by atoms with Crippen LogP contribution in [-0.2, 0) is 13.0 Å². The number of aryl methyl sites for hydroxylation is 3. The van der Waals surface area contributed by atoms with Crippen LogP contribution < -0.4 is 14.8 Å². The molecule has 0 aliphatic carbocycles. The van der Waals surface area contributed by atoms with Gasteiger partial charge in [0.1, 0.15) is 5.82 Å². The molecule has 0 aliphatic rings. The Morgan fingerprint density at radius 1 is 1.05 bits per heavy atom. The molecule has 1 N–H and O–H groups in total. The molecule has 0 spiro atoms. The van der Waals surface area contributed by atoms with Crippen LogP contribution in [0, 0.1) is 13.8 Å². The monoisotopic (exact) mass is 497 g/mol. The summed E-state index contributed by atoms with van der Waals surface area (Å²) in [4.78, 5) is 17.6. The van der Waals surface area contributed by atoms with Crippen molar-refractivity contribution in [2.45, 2.75) is 40.2 Å². The molecule has 0 aliphatic heterocycles. The fourth-order valence-electron chi connectivity index (χ4n) is 4.52. The molecule has 0 unspecified atom stereocenters. The zero-order valence-corrected chi connectivity index (χ0v) is 22.1. The van der Waals surface area contributed by atoms with Crippen LogP contribution in [0.25, 0.3) is 17.1 Å². The highest BCUT2D eigenvalue weighted by molar-refractivity contribution is 5.95. The first-order chi connectivity index (χ1) is 18.0. The van der Waals surface area contributed by atoms with Crippen molar-refractivity contribution in [3.05, 3.63) is 94.8 Å². The van der Waals surface area contributed by atoms with Gasteiger partial charge in [-0.25, -0.2) is 4.98 Å². The third-order valence-electron chi connectivity index (χ3n) is 6.32. The van der Waals surface area contributed by atoms with E-state index in [0.717, 1.165) is 58.0 Å². The number of fused-ring (bicyclic) bond motifs is 1. The number of hydrogen-bond donors (Lipinski definition) is 1. The molecule has 1 aromatic heterocycles. The molecule has 3 aromatic carbocycles. The molecule has 0 radical (unpaired) electrons. The second kappa shape index (κ2) is 12.3. The average Bonchev–Trinajstić information content (AvgIpc) is 3.24. The lowest BCUT2D eigenvalue weighted by atomic mass is 10.1. The van der Waals surface area contributed by atoms with E-state index in [1.807, 2.05) is 87.5 Å². The quantitative estimate of drug-likeness (QED) is 0.253. The summed E-state index contributed by atoms with van der Waals surface area (Å²) in [5.41, 5.74) is 5.97. The fraction of sp³-hybridized carbons (Fsp3) is 0.290. The maximum atomic E-state index is 12.7. The van der Waals surface area contributed by atoms with Gasteiger partial charge in [-0.2, -0.15) is 0 Å². The predicted octanol–water partition coefficient (Wildman–Crippen LogP) is 6.14. The summed E-state index contributed by atoms with van der Waals surface area (Å²) in [5.74, 6) is 2.36. The Balaban J connectivity index is 1.39.